The van der Waals surface area contributed by atoms with E-state index >= 15 is 0 Å². The summed E-state index contributed by atoms with van der Waals surface area (Å²) in [7, 11) is 0. The Morgan fingerprint density at radius 3 is 2.55 bits per heavy atom. The van der Waals surface area contributed by atoms with Crippen molar-refractivity contribution in [2.45, 2.75) is 39.2 Å². The van der Waals surface area contributed by atoms with Crippen LogP contribution in [0, 0.1) is 11.8 Å². The molecule has 0 aliphatic carbocycles. The smallest absolute Gasteiger partial charge is 0.251 e. The van der Waals surface area contributed by atoms with Crippen molar-refractivity contribution in [2.24, 2.45) is 5.73 Å². The van der Waals surface area contributed by atoms with Gasteiger partial charge in [-0.1, -0.05) is 37.3 Å². The molecule has 0 unspecified atom stereocenters. The van der Waals surface area contributed by atoms with Gasteiger partial charge in [0.2, 0.25) is 0 Å². The van der Waals surface area contributed by atoms with E-state index in [1.54, 1.807) is 18.2 Å². The lowest BCUT2D eigenvalue weighted by molar-refractivity contribution is 0.0901. The van der Waals surface area contributed by atoms with Gasteiger partial charge in [-0.15, -0.1) is 0 Å². The Morgan fingerprint density at radius 2 is 2.05 bits per heavy atom. The van der Waals surface area contributed by atoms with E-state index in [1.807, 2.05) is 6.92 Å². The summed E-state index contributed by atoms with van der Waals surface area (Å²) >= 11 is 6.12. The van der Waals surface area contributed by atoms with Crippen LogP contribution in [-0.2, 0) is 0 Å². The predicted molar refractivity (Wildman–Crippen MR) is 83.8 cm³/mol. The summed E-state index contributed by atoms with van der Waals surface area (Å²) in [5, 5.41) is 3.51. The van der Waals surface area contributed by atoms with Crippen LogP contribution in [0.15, 0.2) is 18.2 Å². The zero-order valence-electron chi connectivity index (χ0n) is 12.2. The molecule has 0 radical (unpaired) electrons. The van der Waals surface area contributed by atoms with Crippen molar-refractivity contribution in [3.8, 4) is 11.8 Å². The van der Waals surface area contributed by atoms with Crippen molar-refractivity contribution in [1.82, 2.24) is 5.32 Å². The first-order chi connectivity index (χ1) is 9.45. The van der Waals surface area contributed by atoms with E-state index in [9.17, 15) is 4.79 Å². The zero-order chi connectivity index (χ0) is 15.2. The van der Waals surface area contributed by atoms with Crippen molar-refractivity contribution in [3.05, 3.63) is 34.3 Å². The molecule has 0 atom stereocenters. The number of carbonyl (C=O) groups excluding carboxylic acids is 1. The van der Waals surface area contributed by atoms with Crippen molar-refractivity contribution in [3.63, 3.8) is 0 Å². The highest BCUT2D eigenvalue weighted by Gasteiger charge is 2.22. The summed E-state index contributed by atoms with van der Waals surface area (Å²) in [6.07, 6.45) is 1.76. The molecule has 0 aliphatic rings. The molecule has 0 aromatic heterocycles. The Balaban J connectivity index is 2.93. The third-order valence-electron chi connectivity index (χ3n) is 3.53. The third-order valence-corrected chi connectivity index (χ3v) is 3.85. The third kappa shape index (κ3) is 4.26. The van der Waals surface area contributed by atoms with Crippen LogP contribution in [0.5, 0.6) is 0 Å². The molecule has 0 saturated heterocycles. The van der Waals surface area contributed by atoms with Crippen LogP contribution in [0.25, 0.3) is 0 Å². The molecule has 0 spiro atoms. The van der Waals surface area contributed by atoms with Gasteiger partial charge in [0.25, 0.3) is 5.91 Å². The Kier molecular flexibility index (Phi) is 6.06. The minimum absolute atomic E-state index is 0.114. The highest BCUT2D eigenvalue weighted by molar-refractivity contribution is 6.32. The van der Waals surface area contributed by atoms with Crippen molar-refractivity contribution >= 4 is 17.5 Å². The predicted octanol–water partition coefficient (Wildman–Crippen LogP) is 2.96. The SMILES string of the molecule is CCC(C)(CC)NC(=O)c1ccc(C#CCN)c(Cl)c1. The van der Waals surface area contributed by atoms with Crippen LogP contribution in [-0.4, -0.2) is 18.0 Å². The van der Waals surface area contributed by atoms with E-state index < -0.39 is 0 Å². The van der Waals surface area contributed by atoms with E-state index in [-0.39, 0.29) is 18.0 Å². The van der Waals surface area contributed by atoms with Gasteiger partial charge in [-0.25, -0.2) is 0 Å². The highest BCUT2D eigenvalue weighted by Crippen LogP contribution is 2.19. The number of nitrogens with two attached hydrogens (primary N) is 1. The van der Waals surface area contributed by atoms with Gasteiger partial charge in [-0.05, 0) is 38.0 Å². The molecule has 3 nitrogen and oxygen atoms in total. The maximum absolute atomic E-state index is 12.2. The average Bonchev–Trinajstić information content (AvgIpc) is 2.45. The molecule has 0 saturated carbocycles. The van der Waals surface area contributed by atoms with Crippen molar-refractivity contribution in [2.75, 3.05) is 6.54 Å². The van der Waals surface area contributed by atoms with Crippen LogP contribution in [0.1, 0.15) is 49.5 Å². The molecule has 1 aromatic rings. The van der Waals surface area contributed by atoms with Gasteiger partial charge in [-0.2, -0.15) is 0 Å². The number of rotatable bonds is 4. The number of amides is 1. The van der Waals surface area contributed by atoms with E-state index in [4.69, 9.17) is 17.3 Å². The molecule has 3 N–H and O–H groups in total. The fourth-order valence-electron chi connectivity index (χ4n) is 1.68. The van der Waals surface area contributed by atoms with E-state index in [0.29, 0.717) is 16.1 Å². The quantitative estimate of drug-likeness (QED) is 0.838. The summed E-state index contributed by atoms with van der Waals surface area (Å²) < 4.78 is 0. The lowest BCUT2D eigenvalue weighted by Gasteiger charge is -2.28. The fourth-order valence-corrected chi connectivity index (χ4v) is 1.90. The first-order valence-corrected chi connectivity index (χ1v) is 7.14. The van der Waals surface area contributed by atoms with E-state index in [2.05, 4.69) is 31.0 Å². The molecule has 0 heterocycles. The largest absolute Gasteiger partial charge is 0.347 e. The summed E-state index contributed by atoms with van der Waals surface area (Å²) in [5.41, 5.74) is 6.36. The second-order valence-corrected chi connectivity index (χ2v) is 5.33. The van der Waals surface area contributed by atoms with Gasteiger partial charge in [0.05, 0.1) is 11.6 Å². The summed E-state index contributed by atoms with van der Waals surface area (Å²) in [6.45, 7) is 6.43. The Labute approximate surface area is 125 Å². The number of halogens is 1. The monoisotopic (exact) mass is 292 g/mol. The molecule has 4 heteroatoms. The zero-order valence-corrected chi connectivity index (χ0v) is 13.0. The minimum Gasteiger partial charge on any atom is -0.347 e. The first kappa shape index (κ1) is 16.6. The first-order valence-electron chi connectivity index (χ1n) is 6.76. The molecule has 1 amide bonds. The number of nitrogens with one attached hydrogen (secondary N) is 1. The number of benzene rings is 1. The van der Waals surface area contributed by atoms with Crippen LogP contribution in [0.4, 0.5) is 0 Å². The van der Waals surface area contributed by atoms with E-state index in [1.165, 1.54) is 0 Å². The second kappa shape index (κ2) is 7.33. The number of hydrogen-bond acceptors (Lipinski definition) is 2. The molecule has 1 rings (SSSR count). The Bertz CT molecular complexity index is 539. The topological polar surface area (TPSA) is 55.1 Å². The van der Waals surface area contributed by atoms with Crippen LogP contribution < -0.4 is 11.1 Å². The van der Waals surface area contributed by atoms with Crippen LogP contribution in [0.2, 0.25) is 5.02 Å². The van der Waals surface area contributed by atoms with Gasteiger partial charge >= 0.3 is 0 Å². The maximum Gasteiger partial charge on any atom is 0.251 e. The maximum atomic E-state index is 12.2. The molecule has 1 aromatic carbocycles. The molecule has 0 aliphatic heterocycles. The fraction of sp³-hybridized carbons (Fsp3) is 0.438. The Hall–Kier alpha value is -1.50. The van der Waals surface area contributed by atoms with Crippen molar-refractivity contribution in [1.29, 1.82) is 0 Å². The highest BCUT2D eigenvalue weighted by atomic mass is 35.5. The average molecular weight is 293 g/mol. The summed E-state index contributed by atoms with van der Waals surface area (Å²) in [5.74, 6) is 5.50. The van der Waals surface area contributed by atoms with Gasteiger partial charge in [0, 0.05) is 16.7 Å². The van der Waals surface area contributed by atoms with E-state index in [0.717, 1.165) is 12.8 Å². The number of carbonyl (C=O) groups is 1. The van der Waals surface area contributed by atoms with Gasteiger partial charge in [-0.3, -0.25) is 4.79 Å². The molecule has 20 heavy (non-hydrogen) atoms. The Morgan fingerprint density at radius 1 is 1.40 bits per heavy atom. The lowest BCUT2D eigenvalue weighted by Crippen LogP contribution is -2.44. The summed E-state index contributed by atoms with van der Waals surface area (Å²) in [4.78, 5) is 12.2. The molecule has 0 fully saturated rings. The number of hydrogen-bond donors (Lipinski definition) is 2. The standard InChI is InChI=1S/C16H21ClN2O/c1-4-16(3,5-2)19-15(20)13-9-8-12(7-6-10-18)14(17)11-13/h8-9,11H,4-5,10,18H2,1-3H3,(H,19,20). The lowest BCUT2D eigenvalue weighted by atomic mass is 9.95. The normalized spacial score (nSPS) is 10.7. The van der Waals surface area contributed by atoms with Crippen LogP contribution >= 0.6 is 11.6 Å². The van der Waals surface area contributed by atoms with Gasteiger partial charge < -0.3 is 11.1 Å². The van der Waals surface area contributed by atoms with Gasteiger partial charge in [0.15, 0.2) is 0 Å². The van der Waals surface area contributed by atoms with Crippen molar-refractivity contribution < 1.29 is 4.79 Å². The molecule has 0 bridgehead atoms. The second-order valence-electron chi connectivity index (χ2n) is 4.92. The molecule has 108 valence electrons. The van der Waals surface area contributed by atoms with Crippen LogP contribution in [0.3, 0.4) is 0 Å². The minimum atomic E-state index is -0.193. The summed E-state index contributed by atoms with van der Waals surface area (Å²) in [6, 6.07) is 5.12. The van der Waals surface area contributed by atoms with Gasteiger partial charge in [0.1, 0.15) is 0 Å². The molecular formula is C16H21ClN2O. The molecular weight excluding hydrogens is 272 g/mol.